The van der Waals surface area contributed by atoms with E-state index in [-0.39, 0.29) is 5.91 Å². The summed E-state index contributed by atoms with van der Waals surface area (Å²) in [5, 5.41) is 11.8. The fourth-order valence-corrected chi connectivity index (χ4v) is 4.03. The first-order valence-electron chi connectivity index (χ1n) is 10.5. The maximum absolute atomic E-state index is 12.5. The molecule has 1 amide bonds. The number of allylic oxidation sites excluding steroid dienone is 1. The number of aromatic amines is 2. The molecule has 6 nitrogen and oxygen atoms in total. The Morgan fingerprint density at radius 2 is 2.17 bits per heavy atom. The lowest BCUT2D eigenvalue weighted by Crippen LogP contribution is -2.28. The van der Waals surface area contributed by atoms with Crippen LogP contribution in [0.1, 0.15) is 55.7 Å². The Morgan fingerprint density at radius 1 is 1.33 bits per heavy atom. The number of fused-ring (bicyclic) bond motifs is 2. The van der Waals surface area contributed by atoms with Gasteiger partial charge in [-0.3, -0.25) is 14.9 Å². The third-order valence-electron chi connectivity index (χ3n) is 5.75. The van der Waals surface area contributed by atoms with Gasteiger partial charge in [-0.2, -0.15) is 5.10 Å². The Kier molecular flexibility index (Phi) is 5.33. The molecular formula is C24H29N5O. The minimum atomic E-state index is -0.103. The molecule has 6 heteroatoms. The summed E-state index contributed by atoms with van der Waals surface area (Å²) in [7, 11) is 0. The topological polar surface area (TPSA) is 85.9 Å². The lowest BCUT2D eigenvalue weighted by molar-refractivity contribution is 0.0959. The molecule has 3 N–H and O–H groups in total. The van der Waals surface area contributed by atoms with Crippen LogP contribution in [0.25, 0.3) is 22.3 Å². The van der Waals surface area contributed by atoms with Gasteiger partial charge >= 0.3 is 0 Å². The van der Waals surface area contributed by atoms with E-state index < -0.39 is 0 Å². The highest BCUT2D eigenvalue weighted by Crippen LogP contribution is 2.38. The minimum absolute atomic E-state index is 0.103. The van der Waals surface area contributed by atoms with Crippen LogP contribution in [0.3, 0.4) is 0 Å². The van der Waals surface area contributed by atoms with Gasteiger partial charge in [0.2, 0.25) is 0 Å². The van der Waals surface area contributed by atoms with Crippen LogP contribution in [0.2, 0.25) is 0 Å². The summed E-state index contributed by atoms with van der Waals surface area (Å²) in [6.45, 7) is 8.85. The van der Waals surface area contributed by atoms with E-state index in [1.54, 1.807) is 6.20 Å². The van der Waals surface area contributed by atoms with Crippen LogP contribution in [-0.2, 0) is 12.8 Å². The third-order valence-corrected chi connectivity index (χ3v) is 5.75. The summed E-state index contributed by atoms with van der Waals surface area (Å²) in [5.41, 5.74) is 7.36. The zero-order valence-electron chi connectivity index (χ0n) is 18.1. The molecule has 30 heavy (non-hydrogen) atoms. The third kappa shape index (κ3) is 4.08. The molecule has 2 aromatic heterocycles. The van der Waals surface area contributed by atoms with Gasteiger partial charge in [-0.15, -0.1) is 0 Å². The highest BCUT2D eigenvalue weighted by atomic mass is 16.1. The normalized spacial score (nSPS) is 16.2. The van der Waals surface area contributed by atoms with Crippen LogP contribution in [0, 0.1) is 5.41 Å². The van der Waals surface area contributed by atoms with Gasteiger partial charge in [0, 0.05) is 39.6 Å². The van der Waals surface area contributed by atoms with Crippen molar-refractivity contribution in [2.45, 2.75) is 47.0 Å². The second-order valence-corrected chi connectivity index (χ2v) is 8.88. The molecule has 1 aliphatic rings. The quantitative estimate of drug-likeness (QED) is 0.535. The number of rotatable bonds is 5. The van der Waals surface area contributed by atoms with Crippen LogP contribution in [0.4, 0.5) is 0 Å². The van der Waals surface area contributed by atoms with Gasteiger partial charge in [-0.05, 0) is 62.8 Å². The molecule has 0 bridgehead atoms. The Balaban J connectivity index is 1.55. The predicted octanol–water partition coefficient (Wildman–Crippen LogP) is 4.80. The van der Waals surface area contributed by atoms with Crippen molar-refractivity contribution in [2.24, 2.45) is 10.4 Å². The van der Waals surface area contributed by atoms with Crippen molar-refractivity contribution in [3.05, 3.63) is 53.4 Å². The summed E-state index contributed by atoms with van der Waals surface area (Å²) < 4.78 is 0. The predicted molar refractivity (Wildman–Crippen MR) is 122 cm³/mol. The molecule has 1 aromatic carbocycles. The van der Waals surface area contributed by atoms with Gasteiger partial charge in [0.1, 0.15) is 5.69 Å². The summed E-state index contributed by atoms with van der Waals surface area (Å²) in [4.78, 5) is 20.3. The monoisotopic (exact) mass is 403 g/mol. The molecule has 0 radical (unpaired) electrons. The van der Waals surface area contributed by atoms with Crippen molar-refractivity contribution >= 4 is 22.5 Å². The molecule has 0 fully saturated rings. The van der Waals surface area contributed by atoms with E-state index in [4.69, 9.17) is 0 Å². The number of amides is 1. The summed E-state index contributed by atoms with van der Waals surface area (Å²) in [6, 6.07) is 7.81. The number of carbonyl (C=O) groups is 1. The van der Waals surface area contributed by atoms with E-state index in [2.05, 4.69) is 45.4 Å². The molecule has 2 heterocycles. The molecule has 3 aromatic rings. The first-order chi connectivity index (χ1) is 14.4. The van der Waals surface area contributed by atoms with Crippen molar-refractivity contribution < 1.29 is 4.79 Å². The molecule has 1 aliphatic carbocycles. The molecule has 0 spiro atoms. The molecule has 0 saturated carbocycles. The minimum Gasteiger partial charge on any atom is -0.353 e. The standard InChI is InChI=1S/C24H29N5O/c1-5-10-25-15(2)14-26-23(30)16-6-7-19-17(11-16)12-20(27-19)22-18-8-9-24(3,4)13-21(18)28-29-22/h5-7,10-12,27H,8-9,13-14H2,1-4H3,(H,26,30)(H,28,29)/b10-5-,25-15?. The van der Waals surface area contributed by atoms with Gasteiger partial charge in [-0.25, -0.2) is 0 Å². The van der Waals surface area contributed by atoms with E-state index in [0.29, 0.717) is 17.5 Å². The van der Waals surface area contributed by atoms with Crippen LogP contribution in [0.5, 0.6) is 0 Å². The first-order valence-corrected chi connectivity index (χ1v) is 10.5. The van der Waals surface area contributed by atoms with E-state index in [0.717, 1.165) is 47.3 Å². The maximum Gasteiger partial charge on any atom is 0.251 e. The molecule has 156 valence electrons. The summed E-state index contributed by atoms with van der Waals surface area (Å²) in [5.74, 6) is -0.103. The average molecular weight is 404 g/mol. The number of aromatic nitrogens is 3. The molecule has 4 rings (SSSR count). The van der Waals surface area contributed by atoms with Crippen molar-refractivity contribution in [3.63, 3.8) is 0 Å². The number of carbonyl (C=O) groups excluding carboxylic acids is 1. The number of benzene rings is 1. The zero-order valence-corrected chi connectivity index (χ0v) is 18.1. The SMILES string of the molecule is C/C=C\N=C(C)CNC(=O)c1ccc2[nH]c(-c3n[nH]c4c3CCC(C)(C)C4)cc2c1. The lowest BCUT2D eigenvalue weighted by atomic mass is 9.76. The molecular weight excluding hydrogens is 374 g/mol. The molecule has 0 atom stereocenters. The van der Waals surface area contributed by atoms with Crippen molar-refractivity contribution in [2.75, 3.05) is 6.54 Å². The number of hydrogen-bond acceptors (Lipinski definition) is 3. The van der Waals surface area contributed by atoms with Gasteiger partial charge < -0.3 is 10.3 Å². The second kappa shape index (κ2) is 7.94. The van der Waals surface area contributed by atoms with Gasteiger partial charge in [0.05, 0.1) is 12.2 Å². The smallest absolute Gasteiger partial charge is 0.251 e. The second-order valence-electron chi connectivity index (χ2n) is 8.88. The van der Waals surface area contributed by atoms with Gasteiger partial charge in [-0.1, -0.05) is 19.9 Å². The van der Waals surface area contributed by atoms with Crippen LogP contribution >= 0.6 is 0 Å². The van der Waals surface area contributed by atoms with Gasteiger partial charge in [0.15, 0.2) is 0 Å². The molecule has 0 unspecified atom stereocenters. The molecule has 0 saturated heterocycles. The van der Waals surface area contributed by atoms with E-state index in [1.165, 1.54) is 11.3 Å². The fraction of sp³-hybridized carbons (Fsp3) is 0.375. The van der Waals surface area contributed by atoms with Crippen molar-refractivity contribution in [3.8, 4) is 11.4 Å². The van der Waals surface area contributed by atoms with Crippen LogP contribution in [-0.4, -0.2) is 33.3 Å². The Bertz CT molecular complexity index is 1150. The Morgan fingerprint density at radius 3 is 2.97 bits per heavy atom. The number of aliphatic imine (C=N–C) groups is 1. The maximum atomic E-state index is 12.5. The number of nitrogens with zero attached hydrogens (tertiary/aromatic N) is 2. The van der Waals surface area contributed by atoms with Crippen molar-refractivity contribution in [1.29, 1.82) is 0 Å². The van der Waals surface area contributed by atoms with Crippen LogP contribution < -0.4 is 5.32 Å². The number of H-pyrrole nitrogens is 2. The first kappa shape index (κ1) is 20.1. The largest absolute Gasteiger partial charge is 0.353 e. The highest BCUT2D eigenvalue weighted by Gasteiger charge is 2.29. The average Bonchev–Trinajstić information content (AvgIpc) is 3.32. The summed E-state index contributed by atoms with van der Waals surface area (Å²) >= 11 is 0. The summed E-state index contributed by atoms with van der Waals surface area (Å²) in [6.07, 6.45) is 6.81. The Labute approximate surface area is 176 Å². The lowest BCUT2D eigenvalue weighted by Gasteiger charge is -2.28. The van der Waals surface area contributed by atoms with Crippen LogP contribution in [0.15, 0.2) is 41.5 Å². The van der Waals surface area contributed by atoms with E-state index in [9.17, 15) is 4.79 Å². The van der Waals surface area contributed by atoms with Gasteiger partial charge in [0.25, 0.3) is 5.91 Å². The number of hydrogen-bond donors (Lipinski definition) is 3. The zero-order chi connectivity index (χ0) is 21.3. The fourth-order valence-electron chi connectivity index (χ4n) is 4.03. The van der Waals surface area contributed by atoms with E-state index >= 15 is 0 Å². The molecule has 0 aliphatic heterocycles. The Hall–Kier alpha value is -3.15. The highest BCUT2D eigenvalue weighted by molar-refractivity contribution is 6.00. The number of nitrogens with one attached hydrogen (secondary N) is 3. The van der Waals surface area contributed by atoms with Crippen molar-refractivity contribution in [1.82, 2.24) is 20.5 Å². The van der Waals surface area contributed by atoms with E-state index in [1.807, 2.05) is 38.1 Å².